The summed E-state index contributed by atoms with van der Waals surface area (Å²) in [5, 5.41) is 9.62. The van der Waals surface area contributed by atoms with Crippen molar-refractivity contribution in [3.63, 3.8) is 0 Å². The number of halogens is 1. The molecule has 2 amide bonds. The first-order chi connectivity index (χ1) is 16.8. The van der Waals surface area contributed by atoms with E-state index in [1.807, 2.05) is 18.7 Å². The van der Waals surface area contributed by atoms with Gasteiger partial charge in [-0.2, -0.15) is 0 Å². The van der Waals surface area contributed by atoms with E-state index in [9.17, 15) is 14.0 Å². The maximum Gasteiger partial charge on any atom is 0.251 e. The van der Waals surface area contributed by atoms with Crippen LogP contribution < -0.4 is 20.7 Å². The van der Waals surface area contributed by atoms with Crippen LogP contribution in [0.1, 0.15) is 37.0 Å². The number of ether oxygens (including phenoxy) is 1. The first kappa shape index (κ1) is 26.4. The van der Waals surface area contributed by atoms with Gasteiger partial charge >= 0.3 is 0 Å². The molecule has 1 fully saturated rings. The normalized spacial score (nSPS) is 14.8. The van der Waals surface area contributed by atoms with Gasteiger partial charge in [-0.1, -0.05) is 13.8 Å². The third kappa shape index (κ3) is 7.65. The molecule has 2 aromatic rings. The fourth-order valence-electron chi connectivity index (χ4n) is 3.95. The van der Waals surface area contributed by atoms with Crippen LogP contribution in [0.2, 0.25) is 0 Å². The summed E-state index contributed by atoms with van der Waals surface area (Å²) in [5.74, 6) is 0.147. The maximum atomic E-state index is 13.2. The molecule has 0 aliphatic carbocycles. The molecule has 9 heteroatoms. The number of anilines is 1. The highest BCUT2D eigenvalue weighted by Crippen LogP contribution is 2.23. The fraction of sp³-hybridized carbons (Fsp3) is 0.423. The van der Waals surface area contributed by atoms with Crippen molar-refractivity contribution < 1.29 is 18.7 Å². The molecule has 1 aliphatic heterocycles. The van der Waals surface area contributed by atoms with Gasteiger partial charge in [0.2, 0.25) is 5.91 Å². The molecule has 0 spiro atoms. The van der Waals surface area contributed by atoms with Crippen molar-refractivity contribution in [1.82, 2.24) is 15.5 Å². The summed E-state index contributed by atoms with van der Waals surface area (Å²) < 4.78 is 18.3. The molecule has 35 heavy (non-hydrogen) atoms. The van der Waals surface area contributed by atoms with E-state index in [4.69, 9.17) is 17.0 Å². The molecular weight excluding hydrogens is 467 g/mol. The van der Waals surface area contributed by atoms with E-state index < -0.39 is 6.04 Å². The van der Waals surface area contributed by atoms with Crippen LogP contribution in [-0.4, -0.2) is 54.6 Å². The first-order valence-corrected chi connectivity index (χ1v) is 12.2. The van der Waals surface area contributed by atoms with Crippen molar-refractivity contribution in [2.45, 2.75) is 32.7 Å². The molecule has 1 atom stereocenters. The Morgan fingerprint density at radius 1 is 1.09 bits per heavy atom. The number of methoxy groups -OCH3 is 1. The molecule has 1 heterocycles. The molecule has 0 saturated carbocycles. The highest BCUT2D eigenvalue weighted by atomic mass is 32.1. The highest BCUT2D eigenvalue weighted by molar-refractivity contribution is 7.80. The number of amides is 2. The lowest BCUT2D eigenvalue weighted by molar-refractivity contribution is -0.124. The number of piperidine rings is 1. The molecule has 1 saturated heterocycles. The van der Waals surface area contributed by atoms with Gasteiger partial charge in [0.05, 0.1) is 7.11 Å². The number of likely N-dealkylation sites (tertiary alicyclic amines) is 1. The van der Waals surface area contributed by atoms with Crippen LogP contribution in [0.25, 0.3) is 0 Å². The Morgan fingerprint density at radius 3 is 2.29 bits per heavy atom. The monoisotopic (exact) mass is 500 g/mol. The van der Waals surface area contributed by atoms with E-state index in [0.717, 1.165) is 5.69 Å². The summed E-state index contributed by atoms with van der Waals surface area (Å²) in [6.45, 7) is 5.88. The third-order valence-electron chi connectivity index (χ3n) is 6.00. The second-order valence-electron chi connectivity index (χ2n) is 9.08. The van der Waals surface area contributed by atoms with E-state index in [2.05, 4.69) is 16.0 Å². The molecular formula is C26H33FN4O3S. The number of carbonyl (C=O) groups is 2. The molecule has 188 valence electrons. The van der Waals surface area contributed by atoms with E-state index in [-0.39, 0.29) is 23.5 Å². The Bertz CT molecular complexity index is 1010. The number of nitrogens with one attached hydrogen (secondary N) is 3. The zero-order chi connectivity index (χ0) is 25.4. The van der Waals surface area contributed by atoms with E-state index in [1.54, 1.807) is 43.5 Å². The first-order valence-electron chi connectivity index (χ1n) is 11.8. The van der Waals surface area contributed by atoms with Gasteiger partial charge in [0, 0.05) is 30.9 Å². The van der Waals surface area contributed by atoms with Crippen LogP contribution in [0.4, 0.5) is 10.1 Å². The van der Waals surface area contributed by atoms with Gasteiger partial charge in [0.25, 0.3) is 5.91 Å². The Labute approximate surface area is 211 Å². The smallest absolute Gasteiger partial charge is 0.251 e. The van der Waals surface area contributed by atoms with Crippen molar-refractivity contribution >= 4 is 34.8 Å². The molecule has 7 nitrogen and oxygen atoms in total. The highest BCUT2D eigenvalue weighted by Gasteiger charge is 2.33. The summed E-state index contributed by atoms with van der Waals surface area (Å²) in [4.78, 5) is 28.0. The van der Waals surface area contributed by atoms with Gasteiger partial charge in [-0.25, -0.2) is 4.39 Å². The number of nitrogens with zero attached hydrogens (tertiary/aromatic N) is 1. The van der Waals surface area contributed by atoms with Crippen molar-refractivity contribution in [2.24, 2.45) is 11.8 Å². The van der Waals surface area contributed by atoms with E-state index >= 15 is 0 Å². The van der Waals surface area contributed by atoms with Gasteiger partial charge in [-0.3, -0.25) is 9.59 Å². The second kappa shape index (κ2) is 12.5. The molecule has 3 N–H and O–H groups in total. The van der Waals surface area contributed by atoms with Crippen LogP contribution in [0.3, 0.4) is 0 Å². The number of benzene rings is 2. The maximum absolute atomic E-state index is 13.2. The summed E-state index contributed by atoms with van der Waals surface area (Å²) in [5.41, 5.74) is 1.19. The molecule has 0 radical (unpaired) electrons. The van der Waals surface area contributed by atoms with Gasteiger partial charge in [0.1, 0.15) is 17.6 Å². The SMILES string of the molecule is COc1ccc(C(=O)N[C@H](C(=O)NCC(C)C)C2CCN(C(=S)Nc3ccc(F)cc3)CC2)cc1. The topological polar surface area (TPSA) is 82.7 Å². The van der Waals surface area contributed by atoms with Crippen molar-refractivity contribution in [1.29, 1.82) is 0 Å². The van der Waals surface area contributed by atoms with E-state index in [1.165, 1.54) is 12.1 Å². The van der Waals surface area contributed by atoms with Crippen LogP contribution >= 0.6 is 12.2 Å². The van der Waals surface area contributed by atoms with Gasteiger partial charge in [-0.15, -0.1) is 0 Å². The summed E-state index contributed by atoms with van der Waals surface area (Å²) in [6.07, 6.45) is 1.38. The lowest BCUT2D eigenvalue weighted by Gasteiger charge is -2.37. The minimum atomic E-state index is -0.649. The number of hydrogen-bond acceptors (Lipinski definition) is 4. The van der Waals surface area contributed by atoms with Crippen LogP contribution in [0.5, 0.6) is 5.75 Å². The van der Waals surface area contributed by atoms with Gasteiger partial charge in [-0.05, 0) is 85.4 Å². The van der Waals surface area contributed by atoms with Crippen molar-refractivity contribution in [3.05, 3.63) is 59.9 Å². The van der Waals surface area contributed by atoms with Crippen molar-refractivity contribution in [2.75, 3.05) is 32.1 Å². The summed E-state index contributed by atoms with van der Waals surface area (Å²) in [6, 6.07) is 12.2. The zero-order valence-corrected chi connectivity index (χ0v) is 21.2. The largest absolute Gasteiger partial charge is 0.497 e. The Kier molecular flexibility index (Phi) is 9.42. The lowest BCUT2D eigenvalue weighted by atomic mass is 9.88. The quantitative estimate of drug-likeness (QED) is 0.478. The predicted molar refractivity (Wildman–Crippen MR) is 139 cm³/mol. The zero-order valence-electron chi connectivity index (χ0n) is 20.3. The standard InChI is InChI=1S/C26H33FN4O3S/c1-17(2)16-28-25(33)23(30-24(32)19-4-10-22(34-3)11-5-19)18-12-14-31(15-13-18)26(35)29-21-8-6-20(27)7-9-21/h4-11,17-18,23H,12-16H2,1-3H3,(H,28,33)(H,29,35)(H,30,32)/t23-/m0/s1. The average Bonchev–Trinajstić information content (AvgIpc) is 2.87. The molecule has 0 unspecified atom stereocenters. The summed E-state index contributed by atoms with van der Waals surface area (Å²) >= 11 is 5.53. The van der Waals surface area contributed by atoms with E-state index in [0.29, 0.717) is 54.8 Å². The molecule has 2 aromatic carbocycles. The average molecular weight is 501 g/mol. The van der Waals surface area contributed by atoms with Crippen LogP contribution in [0.15, 0.2) is 48.5 Å². The number of hydrogen-bond donors (Lipinski definition) is 3. The molecule has 3 rings (SSSR count). The predicted octanol–water partition coefficient (Wildman–Crippen LogP) is 3.81. The lowest BCUT2D eigenvalue weighted by Crippen LogP contribution is -2.54. The van der Waals surface area contributed by atoms with Crippen LogP contribution in [0, 0.1) is 17.7 Å². The second-order valence-corrected chi connectivity index (χ2v) is 9.47. The summed E-state index contributed by atoms with van der Waals surface area (Å²) in [7, 11) is 1.57. The van der Waals surface area contributed by atoms with Gasteiger partial charge < -0.3 is 25.6 Å². The Morgan fingerprint density at radius 2 is 1.71 bits per heavy atom. The molecule has 1 aliphatic rings. The third-order valence-corrected chi connectivity index (χ3v) is 6.36. The van der Waals surface area contributed by atoms with Gasteiger partial charge in [0.15, 0.2) is 5.11 Å². The Hall–Kier alpha value is -3.20. The minimum absolute atomic E-state index is 0.0331. The Balaban J connectivity index is 1.63. The number of carbonyl (C=O) groups excluding carboxylic acids is 2. The number of rotatable bonds is 8. The van der Waals surface area contributed by atoms with Crippen molar-refractivity contribution in [3.8, 4) is 5.75 Å². The molecule has 0 bridgehead atoms. The molecule has 0 aromatic heterocycles. The van der Waals surface area contributed by atoms with Crippen LogP contribution in [-0.2, 0) is 4.79 Å². The number of thiocarbonyl (C=S) groups is 1. The minimum Gasteiger partial charge on any atom is -0.497 e. The fourth-order valence-corrected chi connectivity index (χ4v) is 4.25.